The summed E-state index contributed by atoms with van der Waals surface area (Å²) < 4.78 is 0. The van der Waals surface area contributed by atoms with Crippen LogP contribution in [0.1, 0.15) is 54.4 Å². The highest BCUT2D eigenvalue weighted by molar-refractivity contribution is 4.76. The van der Waals surface area contributed by atoms with E-state index in [0.717, 1.165) is 18.4 Å². The molecular weight excluding hydrogens is 198 g/mol. The summed E-state index contributed by atoms with van der Waals surface area (Å²) >= 11 is 0. The van der Waals surface area contributed by atoms with Crippen LogP contribution < -0.4 is 5.32 Å². The minimum Gasteiger partial charge on any atom is -0.396 e. The van der Waals surface area contributed by atoms with E-state index in [2.05, 4.69) is 46.9 Å². The Kier molecular flexibility index (Phi) is 7.25. The molecule has 0 aliphatic heterocycles. The van der Waals surface area contributed by atoms with E-state index in [0.29, 0.717) is 6.04 Å². The number of hydrogen-bond acceptors (Lipinski definition) is 2. The first-order valence-electron chi connectivity index (χ1n) is 6.61. The Morgan fingerprint density at radius 2 is 1.44 bits per heavy atom. The van der Waals surface area contributed by atoms with Crippen LogP contribution in [0.15, 0.2) is 0 Å². The molecule has 0 saturated heterocycles. The first-order chi connectivity index (χ1) is 7.26. The molecule has 98 valence electrons. The Balaban J connectivity index is 4.10. The predicted molar refractivity (Wildman–Crippen MR) is 71.6 cm³/mol. The molecule has 0 radical (unpaired) electrons. The van der Waals surface area contributed by atoms with Crippen molar-refractivity contribution in [3.05, 3.63) is 0 Å². The van der Waals surface area contributed by atoms with Gasteiger partial charge in [-0.15, -0.1) is 0 Å². The summed E-state index contributed by atoms with van der Waals surface area (Å²) in [6.07, 6.45) is 2.44. The Hall–Kier alpha value is -0.0800. The van der Waals surface area contributed by atoms with Crippen LogP contribution >= 0.6 is 0 Å². The summed E-state index contributed by atoms with van der Waals surface area (Å²) in [5.41, 5.74) is -0.00773. The van der Waals surface area contributed by atoms with Gasteiger partial charge in [-0.1, -0.05) is 41.5 Å². The smallest absolute Gasteiger partial charge is 0.0494 e. The van der Waals surface area contributed by atoms with Crippen molar-refractivity contribution < 1.29 is 5.11 Å². The van der Waals surface area contributed by atoms with Crippen molar-refractivity contribution in [3.63, 3.8) is 0 Å². The number of hydrogen-bond donors (Lipinski definition) is 2. The van der Waals surface area contributed by atoms with Crippen LogP contribution in [0.25, 0.3) is 0 Å². The lowest BCUT2D eigenvalue weighted by atomic mass is 9.91. The lowest BCUT2D eigenvalue weighted by molar-refractivity contribution is 0.149. The van der Waals surface area contributed by atoms with Gasteiger partial charge in [-0.25, -0.2) is 0 Å². The average molecular weight is 229 g/mol. The molecule has 0 unspecified atom stereocenters. The van der Waals surface area contributed by atoms with E-state index >= 15 is 0 Å². The van der Waals surface area contributed by atoms with Gasteiger partial charge < -0.3 is 10.4 Å². The standard InChI is InChI=1S/C14H31NO/c1-11(2)7-13(8-12(3)4)15-9-14(5,6)10-16/h11-13,15-16H,7-10H2,1-6H3. The van der Waals surface area contributed by atoms with E-state index in [4.69, 9.17) is 0 Å². The monoisotopic (exact) mass is 229 g/mol. The number of nitrogens with one attached hydrogen (secondary N) is 1. The molecule has 0 fully saturated rings. The van der Waals surface area contributed by atoms with Gasteiger partial charge in [0.05, 0.1) is 0 Å². The van der Waals surface area contributed by atoms with Gasteiger partial charge in [0.15, 0.2) is 0 Å². The molecule has 0 aliphatic rings. The van der Waals surface area contributed by atoms with Crippen molar-refractivity contribution in [2.75, 3.05) is 13.2 Å². The third kappa shape index (κ3) is 8.12. The number of aliphatic hydroxyl groups is 1. The van der Waals surface area contributed by atoms with E-state index in [-0.39, 0.29) is 12.0 Å². The molecule has 0 amide bonds. The molecule has 0 aromatic heterocycles. The fraction of sp³-hybridized carbons (Fsp3) is 1.00. The molecule has 0 aromatic rings. The SMILES string of the molecule is CC(C)CC(CC(C)C)NCC(C)(C)CO. The van der Waals surface area contributed by atoms with E-state index < -0.39 is 0 Å². The van der Waals surface area contributed by atoms with E-state index in [1.807, 2.05) is 0 Å². The van der Waals surface area contributed by atoms with Crippen LogP contribution in [0, 0.1) is 17.3 Å². The van der Waals surface area contributed by atoms with Crippen molar-refractivity contribution in [2.24, 2.45) is 17.3 Å². The van der Waals surface area contributed by atoms with Crippen LogP contribution in [-0.2, 0) is 0 Å². The fourth-order valence-corrected chi connectivity index (χ4v) is 1.88. The van der Waals surface area contributed by atoms with Crippen molar-refractivity contribution >= 4 is 0 Å². The summed E-state index contributed by atoms with van der Waals surface area (Å²) in [4.78, 5) is 0. The van der Waals surface area contributed by atoms with E-state index in [9.17, 15) is 5.11 Å². The van der Waals surface area contributed by atoms with Crippen LogP contribution in [0.2, 0.25) is 0 Å². The van der Waals surface area contributed by atoms with Crippen molar-refractivity contribution in [1.29, 1.82) is 0 Å². The summed E-state index contributed by atoms with van der Waals surface area (Å²) in [6.45, 7) is 14.4. The van der Waals surface area contributed by atoms with Gasteiger partial charge in [0.1, 0.15) is 0 Å². The van der Waals surface area contributed by atoms with Gasteiger partial charge in [-0.3, -0.25) is 0 Å². The minimum atomic E-state index is -0.00773. The molecule has 2 N–H and O–H groups in total. The highest BCUT2D eigenvalue weighted by Gasteiger charge is 2.19. The summed E-state index contributed by atoms with van der Waals surface area (Å²) in [7, 11) is 0. The van der Waals surface area contributed by atoms with Crippen LogP contribution in [-0.4, -0.2) is 24.3 Å². The van der Waals surface area contributed by atoms with Gasteiger partial charge in [0, 0.05) is 24.6 Å². The van der Waals surface area contributed by atoms with Gasteiger partial charge in [-0.05, 0) is 24.7 Å². The van der Waals surface area contributed by atoms with E-state index in [1.165, 1.54) is 12.8 Å². The lowest BCUT2D eigenvalue weighted by Crippen LogP contribution is -2.40. The van der Waals surface area contributed by atoms with Crippen molar-refractivity contribution in [3.8, 4) is 0 Å². The molecule has 0 heterocycles. The van der Waals surface area contributed by atoms with Crippen LogP contribution in [0.5, 0.6) is 0 Å². The summed E-state index contributed by atoms with van der Waals surface area (Å²) in [6, 6.07) is 0.589. The summed E-state index contributed by atoms with van der Waals surface area (Å²) in [5.74, 6) is 1.46. The molecule has 0 bridgehead atoms. The molecule has 0 saturated carbocycles. The predicted octanol–water partition coefficient (Wildman–Crippen LogP) is 3.06. The second-order valence-electron chi connectivity index (χ2n) is 6.66. The first-order valence-corrected chi connectivity index (χ1v) is 6.61. The highest BCUT2D eigenvalue weighted by Crippen LogP contribution is 2.16. The van der Waals surface area contributed by atoms with Gasteiger partial charge in [-0.2, -0.15) is 0 Å². The number of rotatable bonds is 8. The second-order valence-corrected chi connectivity index (χ2v) is 6.66. The maximum atomic E-state index is 9.23. The maximum Gasteiger partial charge on any atom is 0.0494 e. The third-order valence-electron chi connectivity index (χ3n) is 2.81. The quantitative estimate of drug-likeness (QED) is 0.670. The van der Waals surface area contributed by atoms with Crippen LogP contribution in [0.4, 0.5) is 0 Å². The Labute approximate surface area is 102 Å². The molecule has 2 heteroatoms. The van der Waals surface area contributed by atoms with Gasteiger partial charge in [0.2, 0.25) is 0 Å². The molecule has 2 nitrogen and oxygen atoms in total. The largest absolute Gasteiger partial charge is 0.396 e. The third-order valence-corrected chi connectivity index (χ3v) is 2.81. The van der Waals surface area contributed by atoms with E-state index in [1.54, 1.807) is 0 Å². The molecular formula is C14H31NO. The normalized spacial score (nSPS) is 13.1. The maximum absolute atomic E-state index is 9.23. The second kappa shape index (κ2) is 7.29. The Morgan fingerprint density at radius 1 is 1.00 bits per heavy atom. The van der Waals surface area contributed by atoms with Crippen molar-refractivity contribution in [2.45, 2.75) is 60.4 Å². The van der Waals surface area contributed by atoms with Gasteiger partial charge >= 0.3 is 0 Å². The molecule has 0 spiro atoms. The Morgan fingerprint density at radius 3 is 1.75 bits per heavy atom. The molecule has 0 aromatic carbocycles. The fourth-order valence-electron chi connectivity index (χ4n) is 1.88. The molecule has 16 heavy (non-hydrogen) atoms. The minimum absolute atomic E-state index is 0.00773. The summed E-state index contributed by atoms with van der Waals surface area (Å²) in [5, 5.41) is 12.8. The zero-order valence-corrected chi connectivity index (χ0v) is 12.0. The van der Waals surface area contributed by atoms with Crippen molar-refractivity contribution in [1.82, 2.24) is 5.32 Å². The average Bonchev–Trinajstić information content (AvgIpc) is 2.13. The molecule has 0 rings (SSSR count). The first kappa shape index (κ1) is 15.9. The lowest BCUT2D eigenvalue weighted by Gasteiger charge is -2.28. The molecule has 0 atom stereocenters. The zero-order chi connectivity index (χ0) is 12.8. The molecule has 0 aliphatic carbocycles. The van der Waals surface area contributed by atoms with Crippen LogP contribution in [0.3, 0.4) is 0 Å². The number of aliphatic hydroxyl groups excluding tert-OH is 1. The topological polar surface area (TPSA) is 32.3 Å². The highest BCUT2D eigenvalue weighted by atomic mass is 16.3. The Bertz CT molecular complexity index is 166. The van der Waals surface area contributed by atoms with Gasteiger partial charge in [0.25, 0.3) is 0 Å². The zero-order valence-electron chi connectivity index (χ0n) is 12.0.